The van der Waals surface area contributed by atoms with E-state index in [1.807, 2.05) is 18.2 Å². The first kappa shape index (κ1) is 15.5. The number of carbonyl (C=O) groups excluding carboxylic acids is 1. The van der Waals surface area contributed by atoms with Gasteiger partial charge in [0.15, 0.2) is 0 Å². The minimum absolute atomic E-state index is 0. The third-order valence-corrected chi connectivity index (χ3v) is 2.89. The van der Waals surface area contributed by atoms with Gasteiger partial charge in [-0.1, -0.05) is 6.92 Å². The maximum atomic E-state index is 11.5. The number of carbonyl (C=O) groups is 1. The van der Waals surface area contributed by atoms with E-state index in [9.17, 15) is 4.79 Å². The van der Waals surface area contributed by atoms with Crippen molar-refractivity contribution in [3.63, 3.8) is 0 Å². The number of hydrogen-bond donors (Lipinski definition) is 2. The zero-order chi connectivity index (χ0) is 13.0. The van der Waals surface area contributed by atoms with E-state index in [4.69, 9.17) is 5.73 Å². The highest BCUT2D eigenvalue weighted by Gasteiger charge is 2.04. The molecule has 0 radical (unpaired) electrons. The summed E-state index contributed by atoms with van der Waals surface area (Å²) < 4.78 is 2.22. The molecule has 3 N–H and O–H groups in total. The molecule has 0 fully saturated rings. The van der Waals surface area contributed by atoms with Crippen LogP contribution in [0.3, 0.4) is 0 Å². The number of aryl methyl sites for hydroxylation is 1. The van der Waals surface area contributed by atoms with Gasteiger partial charge in [-0.3, -0.25) is 4.79 Å². The van der Waals surface area contributed by atoms with E-state index in [0.717, 1.165) is 24.0 Å². The average Bonchev–Trinajstić information content (AvgIpc) is 2.73. The summed E-state index contributed by atoms with van der Waals surface area (Å²) in [6.45, 7) is 3.55. The van der Waals surface area contributed by atoms with Gasteiger partial charge in [-0.25, -0.2) is 0 Å². The summed E-state index contributed by atoms with van der Waals surface area (Å²) in [5, 5.41) is 4.00. The third-order valence-electron chi connectivity index (χ3n) is 2.89. The van der Waals surface area contributed by atoms with Crippen LogP contribution in [0.25, 0.3) is 10.9 Å². The van der Waals surface area contributed by atoms with Crippen LogP contribution in [0, 0.1) is 0 Å². The number of nitrogens with zero attached hydrogens (tertiary/aromatic N) is 1. The highest BCUT2D eigenvalue weighted by molar-refractivity contribution is 5.94. The van der Waals surface area contributed by atoms with Gasteiger partial charge in [-0.15, -0.1) is 12.4 Å². The molecule has 0 saturated carbocycles. The van der Waals surface area contributed by atoms with E-state index in [1.54, 1.807) is 0 Å². The molecule has 5 heteroatoms. The first-order chi connectivity index (χ1) is 8.74. The van der Waals surface area contributed by atoms with Gasteiger partial charge in [0.05, 0.1) is 0 Å². The van der Waals surface area contributed by atoms with Gasteiger partial charge in [0.1, 0.15) is 0 Å². The zero-order valence-corrected chi connectivity index (χ0v) is 11.9. The second kappa shape index (κ2) is 7.16. The summed E-state index contributed by atoms with van der Waals surface area (Å²) in [5.74, 6) is -0.0372. The number of benzene rings is 1. The number of nitrogens with two attached hydrogens (primary N) is 1. The average molecular weight is 282 g/mol. The fourth-order valence-corrected chi connectivity index (χ4v) is 2.07. The minimum Gasteiger partial charge on any atom is -0.347 e. The van der Waals surface area contributed by atoms with Gasteiger partial charge in [0.2, 0.25) is 5.91 Å². The maximum Gasteiger partial charge on any atom is 0.225 e. The van der Waals surface area contributed by atoms with Crippen LogP contribution < -0.4 is 11.1 Å². The molecule has 2 aromatic rings. The predicted molar refractivity (Wildman–Crippen MR) is 81.8 cm³/mol. The molecule has 0 aliphatic rings. The van der Waals surface area contributed by atoms with E-state index in [2.05, 4.69) is 29.1 Å². The fourth-order valence-electron chi connectivity index (χ4n) is 2.07. The first-order valence-electron chi connectivity index (χ1n) is 6.33. The fraction of sp³-hybridized carbons (Fsp3) is 0.357. The summed E-state index contributed by atoms with van der Waals surface area (Å²) in [6, 6.07) is 8.05. The second-order valence-electron chi connectivity index (χ2n) is 4.37. The molecule has 0 unspecified atom stereocenters. The van der Waals surface area contributed by atoms with Crippen LogP contribution in [0.1, 0.15) is 19.8 Å². The van der Waals surface area contributed by atoms with Crippen molar-refractivity contribution in [2.75, 3.05) is 11.9 Å². The Morgan fingerprint density at radius 2 is 2.16 bits per heavy atom. The second-order valence-corrected chi connectivity index (χ2v) is 4.37. The molecule has 0 aliphatic heterocycles. The SMILES string of the molecule is CCCn1ccc2cc(NC(=O)CCN)ccc21.Cl. The number of fused-ring (bicyclic) bond motifs is 1. The van der Waals surface area contributed by atoms with E-state index in [-0.39, 0.29) is 18.3 Å². The van der Waals surface area contributed by atoms with Crippen molar-refractivity contribution >= 4 is 34.9 Å². The molecule has 1 amide bonds. The van der Waals surface area contributed by atoms with Gasteiger partial charge in [-0.05, 0) is 30.7 Å². The molecule has 4 nitrogen and oxygen atoms in total. The monoisotopic (exact) mass is 281 g/mol. The van der Waals surface area contributed by atoms with Gasteiger partial charge >= 0.3 is 0 Å². The molecule has 2 rings (SSSR count). The molecule has 0 spiro atoms. The molecule has 1 heterocycles. The molecule has 1 aromatic carbocycles. The molecular weight excluding hydrogens is 262 g/mol. The van der Waals surface area contributed by atoms with E-state index < -0.39 is 0 Å². The smallest absolute Gasteiger partial charge is 0.225 e. The van der Waals surface area contributed by atoms with Crippen LogP contribution in [-0.4, -0.2) is 17.0 Å². The van der Waals surface area contributed by atoms with E-state index in [1.165, 1.54) is 5.52 Å². The quantitative estimate of drug-likeness (QED) is 0.885. The Balaban J connectivity index is 0.00000180. The van der Waals surface area contributed by atoms with E-state index >= 15 is 0 Å². The van der Waals surface area contributed by atoms with Crippen molar-refractivity contribution < 1.29 is 4.79 Å². The van der Waals surface area contributed by atoms with Gasteiger partial charge in [0.25, 0.3) is 0 Å². The summed E-state index contributed by atoms with van der Waals surface area (Å²) in [5.41, 5.74) is 7.38. The molecule has 0 saturated heterocycles. The van der Waals surface area contributed by atoms with Gasteiger partial charge < -0.3 is 15.6 Å². The Labute approximate surface area is 119 Å². The number of anilines is 1. The lowest BCUT2D eigenvalue weighted by atomic mass is 10.2. The van der Waals surface area contributed by atoms with Crippen molar-refractivity contribution in [3.8, 4) is 0 Å². The molecular formula is C14H20ClN3O. The van der Waals surface area contributed by atoms with Crippen molar-refractivity contribution in [1.29, 1.82) is 0 Å². The van der Waals surface area contributed by atoms with Crippen molar-refractivity contribution in [2.24, 2.45) is 5.73 Å². The van der Waals surface area contributed by atoms with E-state index in [0.29, 0.717) is 13.0 Å². The van der Waals surface area contributed by atoms with Crippen LogP contribution in [0.5, 0.6) is 0 Å². The standard InChI is InChI=1S/C14H19N3O.ClH/c1-2-8-17-9-6-11-10-12(3-4-13(11)17)16-14(18)5-7-15;/h3-4,6,9-10H,2,5,7-8,15H2,1H3,(H,16,18);1H. The molecule has 1 aromatic heterocycles. The number of halogens is 1. The number of amides is 1. The lowest BCUT2D eigenvalue weighted by Gasteiger charge is -2.06. The van der Waals surface area contributed by atoms with Crippen LogP contribution in [-0.2, 0) is 11.3 Å². The number of nitrogens with one attached hydrogen (secondary N) is 1. The number of hydrogen-bond acceptors (Lipinski definition) is 2. The molecule has 0 bridgehead atoms. The van der Waals surface area contributed by atoms with Crippen molar-refractivity contribution in [3.05, 3.63) is 30.5 Å². The highest BCUT2D eigenvalue weighted by Crippen LogP contribution is 2.20. The summed E-state index contributed by atoms with van der Waals surface area (Å²) in [6.07, 6.45) is 3.55. The van der Waals surface area contributed by atoms with Crippen LogP contribution in [0.4, 0.5) is 5.69 Å². The maximum absolute atomic E-state index is 11.5. The Kier molecular flexibility index (Phi) is 5.86. The molecule has 0 aliphatic carbocycles. The minimum atomic E-state index is -0.0372. The highest BCUT2D eigenvalue weighted by atomic mass is 35.5. The normalized spacial score (nSPS) is 10.2. The molecule has 104 valence electrons. The lowest BCUT2D eigenvalue weighted by molar-refractivity contribution is -0.116. The lowest BCUT2D eigenvalue weighted by Crippen LogP contribution is -2.16. The zero-order valence-electron chi connectivity index (χ0n) is 11.1. The Bertz CT molecular complexity index is 551. The van der Waals surface area contributed by atoms with Crippen molar-refractivity contribution in [1.82, 2.24) is 4.57 Å². The summed E-state index contributed by atoms with van der Waals surface area (Å²) in [7, 11) is 0. The summed E-state index contributed by atoms with van der Waals surface area (Å²) >= 11 is 0. The van der Waals surface area contributed by atoms with Crippen LogP contribution >= 0.6 is 12.4 Å². The third kappa shape index (κ3) is 3.72. The largest absolute Gasteiger partial charge is 0.347 e. The molecule has 19 heavy (non-hydrogen) atoms. The van der Waals surface area contributed by atoms with Crippen LogP contribution in [0.2, 0.25) is 0 Å². The predicted octanol–water partition coefficient (Wildman–Crippen LogP) is 2.76. The summed E-state index contributed by atoms with van der Waals surface area (Å²) in [4.78, 5) is 11.5. The first-order valence-corrected chi connectivity index (χ1v) is 6.33. The topological polar surface area (TPSA) is 60.0 Å². The van der Waals surface area contributed by atoms with Gasteiger partial charge in [0, 0.05) is 42.3 Å². The molecule has 0 atom stereocenters. The van der Waals surface area contributed by atoms with Crippen LogP contribution in [0.15, 0.2) is 30.5 Å². The Morgan fingerprint density at radius 1 is 1.37 bits per heavy atom. The van der Waals surface area contributed by atoms with Gasteiger partial charge in [-0.2, -0.15) is 0 Å². The van der Waals surface area contributed by atoms with Crippen molar-refractivity contribution in [2.45, 2.75) is 26.3 Å². The number of rotatable bonds is 5. The number of aromatic nitrogens is 1. The Hall–Kier alpha value is -1.52. The Morgan fingerprint density at radius 3 is 2.84 bits per heavy atom.